The fourth-order valence-corrected chi connectivity index (χ4v) is 2.66. The van der Waals surface area contributed by atoms with Crippen molar-refractivity contribution in [2.45, 2.75) is 19.4 Å². The lowest BCUT2D eigenvalue weighted by atomic mass is 9.95. The van der Waals surface area contributed by atoms with E-state index in [4.69, 9.17) is 14.6 Å². The third-order valence-corrected chi connectivity index (χ3v) is 3.69. The van der Waals surface area contributed by atoms with E-state index in [1.165, 1.54) is 0 Å². The first-order valence-corrected chi connectivity index (χ1v) is 6.26. The van der Waals surface area contributed by atoms with Crippen LogP contribution in [-0.4, -0.2) is 31.8 Å². The molecule has 104 valence electrons. The van der Waals surface area contributed by atoms with Gasteiger partial charge in [-0.3, -0.25) is 4.79 Å². The van der Waals surface area contributed by atoms with Crippen molar-refractivity contribution in [3.63, 3.8) is 0 Å². The molecule has 0 saturated carbocycles. The minimum Gasteiger partial charge on any atom is -0.496 e. The van der Waals surface area contributed by atoms with Crippen LogP contribution >= 0.6 is 0 Å². The van der Waals surface area contributed by atoms with Gasteiger partial charge in [0.05, 0.1) is 20.1 Å². The van der Waals surface area contributed by atoms with E-state index < -0.39 is 5.97 Å². The maximum atomic E-state index is 11.0. The quantitative estimate of drug-likeness (QED) is 0.868. The van der Waals surface area contributed by atoms with Crippen molar-refractivity contribution in [1.29, 1.82) is 0 Å². The van der Waals surface area contributed by atoms with E-state index in [0.717, 1.165) is 22.6 Å². The van der Waals surface area contributed by atoms with Gasteiger partial charge in [-0.1, -0.05) is 0 Å². The van der Waals surface area contributed by atoms with Crippen molar-refractivity contribution in [3.05, 3.63) is 23.3 Å². The predicted molar refractivity (Wildman–Crippen MR) is 70.8 cm³/mol. The number of nitrogens with one attached hydrogen (secondary N) is 1. The van der Waals surface area contributed by atoms with Gasteiger partial charge < -0.3 is 19.9 Å². The van der Waals surface area contributed by atoms with Crippen molar-refractivity contribution in [2.24, 2.45) is 5.92 Å². The highest BCUT2D eigenvalue weighted by molar-refractivity contribution is 5.71. The van der Waals surface area contributed by atoms with E-state index in [-0.39, 0.29) is 12.0 Å². The molecule has 5 heteroatoms. The van der Waals surface area contributed by atoms with Crippen LogP contribution in [0.4, 0.5) is 0 Å². The largest absolute Gasteiger partial charge is 0.496 e. The minimum absolute atomic E-state index is 0.00819. The lowest BCUT2D eigenvalue weighted by molar-refractivity contribution is -0.141. The van der Waals surface area contributed by atoms with Crippen molar-refractivity contribution in [3.8, 4) is 11.5 Å². The smallest absolute Gasteiger partial charge is 0.307 e. The molecule has 2 rings (SSSR count). The van der Waals surface area contributed by atoms with E-state index in [1.807, 2.05) is 19.1 Å². The number of hydrogen-bond donors (Lipinski definition) is 2. The Morgan fingerprint density at radius 3 is 2.47 bits per heavy atom. The number of carboxylic acids is 1. The van der Waals surface area contributed by atoms with Crippen molar-refractivity contribution in [2.75, 3.05) is 20.8 Å². The predicted octanol–water partition coefficient (Wildman–Crippen LogP) is 1.75. The molecule has 2 atom stereocenters. The summed E-state index contributed by atoms with van der Waals surface area (Å²) in [4.78, 5) is 11.0. The number of aliphatic carboxylic acids is 1. The molecular formula is C14H19NO4. The van der Waals surface area contributed by atoms with Crippen molar-refractivity contribution < 1.29 is 19.4 Å². The van der Waals surface area contributed by atoms with E-state index >= 15 is 0 Å². The van der Waals surface area contributed by atoms with Gasteiger partial charge in [0, 0.05) is 18.2 Å². The monoisotopic (exact) mass is 265 g/mol. The highest BCUT2D eigenvalue weighted by atomic mass is 16.5. The molecule has 0 spiro atoms. The normalized spacial score (nSPS) is 22.3. The van der Waals surface area contributed by atoms with Gasteiger partial charge in [0.15, 0.2) is 0 Å². The molecule has 1 saturated heterocycles. The van der Waals surface area contributed by atoms with Gasteiger partial charge in [0.1, 0.15) is 11.5 Å². The summed E-state index contributed by atoms with van der Waals surface area (Å²) in [7, 11) is 3.25. The maximum absolute atomic E-state index is 11.0. The molecule has 1 aliphatic heterocycles. The first-order valence-electron chi connectivity index (χ1n) is 6.26. The Kier molecular flexibility index (Phi) is 3.95. The van der Waals surface area contributed by atoms with E-state index in [1.54, 1.807) is 14.2 Å². The number of benzene rings is 1. The topological polar surface area (TPSA) is 67.8 Å². The second-order valence-electron chi connectivity index (χ2n) is 4.74. The fraction of sp³-hybridized carbons (Fsp3) is 0.500. The third-order valence-electron chi connectivity index (χ3n) is 3.69. The molecule has 1 heterocycles. The molecule has 19 heavy (non-hydrogen) atoms. The van der Waals surface area contributed by atoms with E-state index in [9.17, 15) is 4.79 Å². The molecule has 2 unspecified atom stereocenters. The lowest BCUT2D eigenvalue weighted by Gasteiger charge is -2.19. The van der Waals surface area contributed by atoms with Crippen LogP contribution in [0, 0.1) is 12.8 Å². The third kappa shape index (κ3) is 2.51. The number of carbonyl (C=O) groups is 1. The van der Waals surface area contributed by atoms with Crippen LogP contribution in [0.2, 0.25) is 0 Å². The number of carboxylic acid groups (broad SMARTS) is 1. The number of rotatable bonds is 4. The summed E-state index contributed by atoms with van der Waals surface area (Å²) in [5.74, 6) is 0.452. The van der Waals surface area contributed by atoms with Gasteiger partial charge >= 0.3 is 5.97 Å². The van der Waals surface area contributed by atoms with Gasteiger partial charge in [-0.25, -0.2) is 0 Å². The Balaban J connectivity index is 2.36. The Labute approximate surface area is 112 Å². The zero-order valence-electron chi connectivity index (χ0n) is 11.4. The molecule has 0 aromatic heterocycles. The summed E-state index contributed by atoms with van der Waals surface area (Å²) in [5, 5.41) is 12.3. The van der Waals surface area contributed by atoms with Crippen molar-refractivity contribution >= 4 is 5.97 Å². The first-order chi connectivity index (χ1) is 9.08. The summed E-state index contributed by atoms with van der Waals surface area (Å²) < 4.78 is 10.7. The van der Waals surface area contributed by atoms with Crippen LogP contribution in [-0.2, 0) is 4.79 Å². The molecule has 1 aromatic carbocycles. The first kappa shape index (κ1) is 13.7. The van der Waals surface area contributed by atoms with Crippen LogP contribution in [0.15, 0.2) is 12.1 Å². The van der Waals surface area contributed by atoms with Gasteiger partial charge in [-0.15, -0.1) is 0 Å². The highest BCUT2D eigenvalue weighted by Gasteiger charge is 2.33. The summed E-state index contributed by atoms with van der Waals surface area (Å²) >= 11 is 0. The molecule has 0 radical (unpaired) electrons. The summed E-state index contributed by atoms with van der Waals surface area (Å²) in [6, 6.07) is 3.71. The van der Waals surface area contributed by atoms with Gasteiger partial charge in [-0.2, -0.15) is 0 Å². The molecule has 0 amide bonds. The molecule has 1 aromatic rings. The number of hydrogen-bond acceptors (Lipinski definition) is 4. The molecule has 1 fully saturated rings. The van der Waals surface area contributed by atoms with Crippen molar-refractivity contribution in [1.82, 2.24) is 5.32 Å². The van der Waals surface area contributed by atoms with Gasteiger partial charge in [-0.05, 0) is 31.0 Å². The fourth-order valence-electron chi connectivity index (χ4n) is 2.66. The van der Waals surface area contributed by atoms with E-state index in [0.29, 0.717) is 13.0 Å². The molecule has 5 nitrogen and oxygen atoms in total. The second kappa shape index (κ2) is 5.48. The lowest BCUT2D eigenvalue weighted by Crippen LogP contribution is -2.18. The average Bonchev–Trinajstić information content (AvgIpc) is 2.87. The number of ether oxygens (including phenoxy) is 2. The average molecular weight is 265 g/mol. The Morgan fingerprint density at radius 1 is 1.32 bits per heavy atom. The van der Waals surface area contributed by atoms with Gasteiger partial charge in [0.25, 0.3) is 0 Å². The SMILES string of the molecule is COc1ccc(OC)c(C2CC(C(=O)O)CN2)c1C. The standard InChI is InChI=1S/C14H19NO4/c1-8-11(18-2)4-5-12(19-3)13(8)10-6-9(7-15-10)14(16)17/h4-5,9-10,15H,6-7H2,1-3H3,(H,16,17). The number of methoxy groups -OCH3 is 2. The molecular weight excluding hydrogens is 246 g/mol. The molecule has 0 bridgehead atoms. The van der Waals surface area contributed by atoms with Crippen LogP contribution in [0.3, 0.4) is 0 Å². The molecule has 1 aliphatic rings. The molecule has 0 aliphatic carbocycles. The Bertz CT molecular complexity index is 487. The Hall–Kier alpha value is -1.75. The van der Waals surface area contributed by atoms with Crippen LogP contribution in [0.25, 0.3) is 0 Å². The zero-order chi connectivity index (χ0) is 14.0. The highest BCUT2D eigenvalue weighted by Crippen LogP contribution is 2.38. The summed E-state index contributed by atoms with van der Waals surface area (Å²) in [5.41, 5.74) is 1.98. The Morgan fingerprint density at radius 2 is 1.95 bits per heavy atom. The zero-order valence-corrected chi connectivity index (χ0v) is 11.4. The minimum atomic E-state index is -0.755. The van der Waals surface area contributed by atoms with Crippen LogP contribution < -0.4 is 14.8 Å². The second-order valence-corrected chi connectivity index (χ2v) is 4.74. The van der Waals surface area contributed by atoms with Crippen LogP contribution in [0.5, 0.6) is 11.5 Å². The van der Waals surface area contributed by atoms with Crippen LogP contribution in [0.1, 0.15) is 23.6 Å². The summed E-state index contributed by atoms with van der Waals surface area (Å²) in [6.07, 6.45) is 0.569. The summed E-state index contributed by atoms with van der Waals surface area (Å²) in [6.45, 7) is 2.45. The van der Waals surface area contributed by atoms with Gasteiger partial charge in [0.2, 0.25) is 0 Å². The molecule has 2 N–H and O–H groups in total. The maximum Gasteiger partial charge on any atom is 0.307 e. The van der Waals surface area contributed by atoms with E-state index in [2.05, 4.69) is 5.32 Å².